The number of nitrogens with one attached hydrogen (secondary N) is 2. The first kappa shape index (κ1) is 25.1. The number of benzene rings is 2. The van der Waals surface area contributed by atoms with Gasteiger partial charge in [0.05, 0.1) is 32.1 Å². The molecule has 1 heterocycles. The number of hydrogen-bond acceptors (Lipinski definition) is 9. The van der Waals surface area contributed by atoms with Crippen molar-refractivity contribution in [3.63, 3.8) is 0 Å². The van der Waals surface area contributed by atoms with Crippen LogP contribution in [-0.4, -0.2) is 38.8 Å². The molecule has 11 heteroatoms. The van der Waals surface area contributed by atoms with Gasteiger partial charge in [0.15, 0.2) is 11.5 Å². The van der Waals surface area contributed by atoms with E-state index in [1.165, 1.54) is 45.4 Å². The van der Waals surface area contributed by atoms with Crippen LogP contribution in [0.4, 0.5) is 16.2 Å². The van der Waals surface area contributed by atoms with Crippen LogP contribution in [0.3, 0.4) is 0 Å². The van der Waals surface area contributed by atoms with Crippen molar-refractivity contribution >= 4 is 40.3 Å². The molecule has 2 aromatic carbocycles. The van der Waals surface area contributed by atoms with E-state index in [1.807, 2.05) is 0 Å². The van der Waals surface area contributed by atoms with Crippen molar-refractivity contribution in [2.45, 2.75) is 20.5 Å². The van der Waals surface area contributed by atoms with Gasteiger partial charge in [-0.1, -0.05) is 0 Å². The van der Waals surface area contributed by atoms with Gasteiger partial charge in [0.1, 0.15) is 12.2 Å². The number of rotatable bonds is 8. The minimum atomic E-state index is -0.767. The molecule has 0 aliphatic rings. The average molecular weight is 484 g/mol. The van der Waals surface area contributed by atoms with Crippen molar-refractivity contribution in [3.05, 3.63) is 57.9 Å². The zero-order valence-corrected chi connectivity index (χ0v) is 19.6. The normalized spacial score (nSPS) is 10.4. The maximum Gasteiger partial charge on any atom is 0.411 e. The summed E-state index contributed by atoms with van der Waals surface area (Å²) >= 11 is 0. The minimum absolute atomic E-state index is 0.0334. The first-order valence-electron chi connectivity index (χ1n) is 10.5. The molecule has 0 atom stereocenters. The van der Waals surface area contributed by atoms with Crippen LogP contribution >= 0.6 is 0 Å². The molecular formula is C24H24N2O9. The molecule has 3 aromatic rings. The third-order valence-corrected chi connectivity index (χ3v) is 4.77. The van der Waals surface area contributed by atoms with Gasteiger partial charge in [-0.25, -0.2) is 14.4 Å². The largest absolute Gasteiger partial charge is 0.493 e. The molecule has 11 nitrogen and oxygen atoms in total. The van der Waals surface area contributed by atoms with Crippen molar-refractivity contribution in [2.75, 3.05) is 31.5 Å². The van der Waals surface area contributed by atoms with Crippen molar-refractivity contribution in [1.82, 2.24) is 0 Å². The Hall–Kier alpha value is -4.54. The van der Waals surface area contributed by atoms with E-state index >= 15 is 0 Å². The number of ether oxygens (including phenoxy) is 4. The molecule has 0 radical (unpaired) electrons. The van der Waals surface area contributed by atoms with Crippen LogP contribution in [0.1, 0.15) is 29.8 Å². The lowest BCUT2D eigenvalue weighted by Crippen LogP contribution is -2.14. The molecule has 2 amide bonds. The fourth-order valence-electron chi connectivity index (χ4n) is 3.27. The lowest BCUT2D eigenvalue weighted by Gasteiger charge is -2.15. The van der Waals surface area contributed by atoms with Gasteiger partial charge in [-0.05, 0) is 19.1 Å². The third kappa shape index (κ3) is 6.08. The van der Waals surface area contributed by atoms with Gasteiger partial charge in [0, 0.05) is 47.8 Å². The fraction of sp³-hybridized carbons (Fsp3) is 0.250. The quantitative estimate of drug-likeness (QED) is 0.361. The zero-order chi connectivity index (χ0) is 25.5. The van der Waals surface area contributed by atoms with Gasteiger partial charge < -0.3 is 28.7 Å². The predicted octanol–water partition coefficient (Wildman–Crippen LogP) is 3.69. The summed E-state index contributed by atoms with van der Waals surface area (Å²) in [5.41, 5.74) is 0.468. The van der Waals surface area contributed by atoms with Gasteiger partial charge in [0.25, 0.3) is 0 Å². The van der Waals surface area contributed by atoms with E-state index in [1.54, 1.807) is 19.1 Å². The molecule has 0 fully saturated rings. The van der Waals surface area contributed by atoms with E-state index in [9.17, 15) is 19.2 Å². The topological polar surface area (TPSA) is 142 Å². The molecule has 3 rings (SSSR count). The Morgan fingerprint density at radius 1 is 0.943 bits per heavy atom. The lowest BCUT2D eigenvalue weighted by molar-refractivity contribution is -0.114. The van der Waals surface area contributed by atoms with Gasteiger partial charge in [-0.3, -0.25) is 10.1 Å². The number of carbonyl (C=O) groups excluding carboxylic acids is 3. The van der Waals surface area contributed by atoms with Gasteiger partial charge in [-0.15, -0.1) is 0 Å². The van der Waals surface area contributed by atoms with Crippen LogP contribution < -0.4 is 25.7 Å². The number of hydrogen-bond donors (Lipinski definition) is 2. The molecule has 1 aromatic heterocycles. The summed E-state index contributed by atoms with van der Waals surface area (Å²) in [5, 5.41) is 5.59. The van der Waals surface area contributed by atoms with E-state index < -0.39 is 23.6 Å². The summed E-state index contributed by atoms with van der Waals surface area (Å²) in [6, 6.07) is 8.70. The Morgan fingerprint density at radius 2 is 1.66 bits per heavy atom. The second-order valence-corrected chi connectivity index (χ2v) is 7.16. The Morgan fingerprint density at radius 3 is 2.31 bits per heavy atom. The molecule has 35 heavy (non-hydrogen) atoms. The SMILES string of the molecule is CCOC(=O)Nc1ccc2c(COC(=O)c3cc(OC)c(OC)cc3NC(C)=O)cc(=O)oc2c1. The zero-order valence-electron chi connectivity index (χ0n) is 19.6. The highest BCUT2D eigenvalue weighted by molar-refractivity contribution is 6.01. The van der Waals surface area contributed by atoms with E-state index in [0.29, 0.717) is 22.4 Å². The van der Waals surface area contributed by atoms with Crippen LogP contribution in [-0.2, 0) is 20.9 Å². The van der Waals surface area contributed by atoms with Crippen molar-refractivity contribution in [2.24, 2.45) is 0 Å². The summed E-state index contributed by atoms with van der Waals surface area (Å²) in [4.78, 5) is 48.3. The fourth-order valence-corrected chi connectivity index (χ4v) is 3.27. The molecule has 0 bridgehead atoms. The molecule has 0 unspecified atom stereocenters. The van der Waals surface area contributed by atoms with E-state index in [-0.39, 0.29) is 35.8 Å². The number of carbonyl (C=O) groups is 3. The first-order valence-corrected chi connectivity index (χ1v) is 10.5. The van der Waals surface area contributed by atoms with Crippen LogP contribution in [0.25, 0.3) is 11.0 Å². The lowest BCUT2D eigenvalue weighted by atomic mass is 10.1. The molecule has 0 saturated carbocycles. The van der Waals surface area contributed by atoms with Gasteiger partial charge in [-0.2, -0.15) is 0 Å². The Balaban J connectivity index is 1.89. The van der Waals surface area contributed by atoms with Crippen LogP contribution in [0.15, 0.2) is 45.6 Å². The van der Waals surface area contributed by atoms with Gasteiger partial charge >= 0.3 is 17.7 Å². The molecular weight excluding hydrogens is 460 g/mol. The Kier molecular flexibility index (Phi) is 7.92. The molecule has 0 aliphatic heterocycles. The summed E-state index contributed by atoms with van der Waals surface area (Å²) in [5.74, 6) is -0.588. The second kappa shape index (κ2) is 11.1. The molecule has 0 spiro atoms. The van der Waals surface area contributed by atoms with E-state index in [0.717, 1.165) is 0 Å². The number of fused-ring (bicyclic) bond motifs is 1. The maximum absolute atomic E-state index is 12.9. The van der Waals surface area contributed by atoms with Crippen molar-refractivity contribution in [1.29, 1.82) is 0 Å². The summed E-state index contributed by atoms with van der Waals surface area (Å²) < 4.78 is 26.0. The van der Waals surface area contributed by atoms with E-state index in [2.05, 4.69) is 10.6 Å². The van der Waals surface area contributed by atoms with Crippen molar-refractivity contribution < 1.29 is 37.7 Å². The van der Waals surface area contributed by atoms with E-state index in [4.69, 9.17) is 23.4 Å². The average Bonchev–Trinajstić information content (AvgIpc) is 2.81. The molecule has 2 N–H and O–H groups in total. The predicted molar refractivity (Wildman–Crippen MR) is 126 cm³/mol. The summed E-state index contributed by atoms with van der Waals surface area (Å²) in [6.07, 6.45) is -0.649. The molecule has 0 aliphatic carbocycles. The van der Waals surface area contributed by atoms with Crippen molar-refractivity contribution in [3.8, 4) is 11.5 Å². The monoisotopic (exact) mass is 484 g/mol. The summed E-state index contributed by atoms with van der Waals surface area (Å²) in [7, 11) is 2.83. The number of amides is 2. The van der Waals surface area contributed by atoms with Crippen LogP contribution in [0.2, 0.25) is 0 Å². The Bertz CT molecular complexity index is 1330. The smallest absolute Gasteiger partial charge is 0.411 e. The Labute approximate surface area is 199 Å². The second-order valence-electron chi connectivity index (χ2n) is 7.16. The number of esters is 1. The number of methoxy groups -OCH3 is 2. The highest BCUT2D eigenvalue weighted by atomic mass is 16.5. The van der Waals surface area contributed by atoms with Crippen LogP contribution in [0.5, 0.6) is 11.5 Å². The number of anilines is 2. The summed E-state index contributed by atoms with van der Waals surface area (Å²) in [6.45, 7) is 2.91. The third-order valence-electron chi connectivity index (χ3n) is 4.77. The van der Waals surface area contributed by atoms with Crippen LogP contribution in [0, 0.1) is 0 Å². The van der Waals surface area contributed by atoms with Gasteiger partial charge in [0.2, 0.25) is 5.91 Å². The minimum Gasteiger partial charge on any atom is -0.493 e. The highest BCUT2D eigenvalue weighted by Crippen LogP contribution is 2.34. The standard InChI is InChI=1S/C24H24N2O9/c1-5-33-24(30)26-15-6-7-16-14(8-22(28)35-19(16)9-15)12-34-23(29)17-10-20(31-3)21(32-4)11-18(17)25-13(2)27/h6-11H,5,12H2,1-4H3,(H,25,27)(H,26,30). The molecule has 184 valence electrons. The molecule has 0 saturated heterocycles. The highest BCUT2D eigenvalue weighted by Gasteiger charge is 2.20. The first-order chi connectivity index (χ1) is 16.7. The maximum atomic E-state index is 12.9.